The molecule has 1 aromatic carbocycles. The van der Waals surface area contributed by atoms with E-state index in [0.29, 0.717) is 12.2 Å². The van der Waals surface area contributed by atoms with Gasteiger partial charge in [-0.25, -0.2) is 0 Å². The molecule has 5 heteroatoms. The van der Waals surface area contributed by atoms with E-state index in [1.165, 1.54) is 5.56 Å². The molecule has 134 valence electrons. The fraction of sp³-hybridized carbons (Fsp3) is 0.400. The maximum Gasteiger partial charge on any atom is 0.257 e. The number of carbonyl (C=O) groups is 1. The second kappa shape index (κ2) is 8.62. The number of hydrogen-bond donors (Lipinski definition) is 2. The van der Waals surface area contributed by atoms with Gasteiger partial charge >= 0.3 is 0 Å². The maximum atomic E-state index is 12.4. The Kier molecular flexibility index (Phi) is 6.53. The number of amides is 1. The molecule has 0 saturated carbocycles. The first kappa shape index (κ1) is 18.9. The monoisotopic (exact) mass is 341 g/mol. The van der Waals surface area contributed by atoms with Crippen molar-refractivity contribution in [1.29, 1.82) is 0 Å². The Balaban J connectivity index is 1.98. The fourth-order valence-corrected chi connectivity index (χ4v) is 2.37. The minimum atomic E-state index is -0.170. The number of aromatic nitrogens is 1. The second-order valence-corrected chi connectivity index (χ2v) is 7.02. The van der Waals surface area contributed by atoms with Crippen molar-refractivity contribution in [2.75, 3.05) is 30.9 Å². The highest BCUT2D eigenvalue weighted by Gasteiger charge is 2.13. The van der Waals surface area contributed by atoms with Crippen LogP contribution in [0.25, 0.3) is 0 Å². The van der Waals surface area contributed by atoms with Crippen LogP contribution in [0.1, 0.15) is 43.1 Å². The van der Waals surface area contributed by atoms with E-state index >= 15 is 0 Å². The highest BCUT2D eigenvalue weighted by Crippen LogP contribution is 2.23. The SMILES string of the molecule is COCCCNc1cncc(C(=O)Nc2ccc(C(C)(C)C)cc2)c1. The zero-order chi connectivity index (χ0) is 18.3. The Hall–Kier alpha value is -2.40. The van der Waals surface area contributed by atoms with Crippen molar-refractivity contribution in [3.05, 3.63) is 53.9 Å². The van der Waals surface area contributed by atoms with Crippen molar-refractivity contribution < 1.29 is 9.53 Å². The van der Waals surface area contributed by atoms with E-state index in [0.717, 1.165) is 24.3 Å². The van der Waals surface area contributed by atoms with E-state index in [9.17, 15) is 4.79 Å². The quantitative estimate of drug-likeness (QED) is 0.745. The topological polar surface area (TPSA) is 63.2 Å². The van der Waals surface area contributed by atoms with Crippen molar-refractivity contribution >= 4 is 17.3 Å². The highest BCUT2D eigenvalue weighted by atomic mass is 16.5. The number of rotatable bonds is 7. The largest absolute Gasteiger partial charge is 0.385 e. The molecule has 0 fully saturated rings. The van der Waals surface area contributed by atoms with Crippen LogP contribution in [0.15, 0.2) is 42.7 Å². The summed E-state index contributed by atoms with van der Waals surface area (Å²) in [5.41, 5.74) is 3.45. The summed E-state index contributed by atoms with van der Waals surface area (Å²) in [6.07, 6.45) is 4.17. The summed E-state index contributed by atoms with van der Waals surface area (Å²) < 4.78 is 5.02. The first-order valence-corrected chi connectivity index (χ1v) is 8.50. The number of hydrogen-bond acceptors (Lipinski definition) is 4. The molecule has 0 atom stereocenters. The van der Waals surface area contributed by atoms with Crippen LogP contribution in [0.5, 0.6) is 0 Å². The number of benzene rings is 1. The van der Waals surface area contributed by atoms with Crippen LogP contribution >= 0.6 is 0 Å². The lowest BCUT2D eigenvalue weighted by Gasteiger charge is -2.19. The van der Waals surface area contributed by atoms with E-state index in [2.05, 4.69) is 36.4 Å². The molecule has 2 aromatic rings. The molecule has 0 aliphatic rings. The Morgan fingerprint density at radius 3 is 2.48 bits per heavy atom. The normalized spacial score (nSPS) is 11.2. The predicted octanol–water partition coefficient (Wildman–Crippen LogP) is 4.08. The number of nitrogens with zero attached hydrogens (tertiary/aromatic N) is 1. The molecule has 0 aliphatic carbocycles. The van der Waals surface area contributed by atoms with Gasteiger partial charge in [0, 0.05) is 38.3 Å². The van der Waals surface area contributed by atoms with Crippen molar-refractivity contribution in [2.24, 2.45) is 0 Å². The molecule has 25 heavy (non-hydrogen) atoms. The van der Waals surface area contributed by atoms with Crippen LogP contribution in [0.3, 0.4) is 0 Å². The lowest BCUT2D eigenvalue weighted by Crippen LogP contribution is -2.14. The van der Waals surface area contributed by atoms with Gasteiger partial charge in [-0.2, -0.15) is 0 Å². The molecule has 0 spiro atoms. The third kappa shape index (κ3) is 5.87. The smallest absolute Gasteiger partial charge is 0.257 e. The number of methoxy groups -OCH3 is 1. The number of carbonyl (C=O) groups excluding carboxylic acids is 1. The summed E-state index contributed by atoms with van der Waals surface area (Å²) in [5.74, 6) is -0.170. The van der Waals surface area contributed by atoms with Crippen molar-refractivity contribution in [3.63, 3.8) is 0 Å². The molecule has 0 aliphatic heterocycles. The molecular formula is C20H27N3O2. The molecule has 1 aromatic heterocycles. The Bertz CT molecular complexity index is 691. The first-order chi connectivity index (χ1) is 11.9. The molecule has 2 N–H and O–H groups in total. The Morgan fingerprint density at radius 1 is 1.12 bits per heavy atom. The third-order valence-corrected chi connectivity index (χ3v) is 3.86. The molecule has 0 saturated heterocycles. The van der Waals surface area contributed by atoms with Crippen LogP contribution in [-0.4, -0.2) is 31.2 Å². The average Bonchev–Trinajstić information content (AvgIpc) is 2.59. The van der Waals surface area contributed by atoms with Crippen LogP contribution in [-0.2, 0) is 10.2 Å². The zero-order valence-electron chi connectivity index (χ0n) is 15.4. The minimum absolute atomic E-state index is 0.0925. The Labute approximate surface area is 149 Å². The molecular weight excluding hydrogens is 314 g/mol. The van der Waals surface area contributed by atoms with Crippen LogP contribution in [0, 0.1) is 0 Å². The Morgan fingerprint density at radius 2 is 1.84 bits per heavy atom. The molecule has 1 amide bonds. The lowest BCUT2D eigenvalue weighted by molar-refractivity contribution is 0.102. The second-order valence-electron chi connectivity index (χ2n) is 7.02. The van der Waals surface area contributed by atoms with Crippen LogP contribution in [0.2, 0.25) is 0 Å². The molecule has 2 rings (SSSR count). The van der Waals surface area contributed by atoms with Gasteiger partial charge in [-0.15, -0.1) is 0 Å². The summed E-state index contributed by atoms with van der Waals surface area (Å²) in [6.45, 7) is 7.96. The molecule has 0 radical (unpaired) electrons. The molecule has 0 bridgehead atoms. The summed E-state index contributed by atoms with van der Waals surface area (Å²) in [7, 11) is 1.68. The average molecular weight is 341 g/mol. The van der Waals surface area contributed by atoms with Gasteiger partial charge in [0.1, 0.15) is 0 Å². The highest BCUT2D eigenvalue weighted by molar-refractivity contribution is 6.04. The molecule has 1 heterocycles. The number of nitrogens with one attached hydrogen (secondary N) is 2. The van der Waals surface area contributed by atoms with Gasteiger partial charge in [0.15, 0.2) is 0 Å². The lowest BCUT2D eigenvalue weighted by atomic mass is 9.87. The van der Waals surface area contributed by atoms with Crippen molar-refractivity contribution in [3.8, 4) is 0 Å². The van der Waals surface area contributed by atoms with E-state index in [4.69, 9.17) is 4.74 Å². The number of anilines is 2. The van der Waals surface area contributed by atoms with Crippen molar-refractivity contribution in [2.45, 2.75) is 32.6 Å². The zero-order valence-corrected chi connectivity index (χ0v) is 15.4. The molecule has 0 unspecified atom stereocenters. The van der Waals surface area contributed by atoms with E-state index in [1.54, 1.807) is 25.6 Å². The predicted molar refractivity (Wildman–Crippen MR) is 102 cm³/mol. The summed E-state index contributed by atoms with van der Waals surface area (Å²) in [5, 5.41) is 6.15. The number of ether oxygens (including phenoxy) is 1. The molecule has 5 nitrogen and oxygen atoms in total. The number of pyridine rings is 1. The van der Waals surface area contributed by atoms with Crippen molar-refractivity contribution in [1.82, 2.24) is 4.98 Å². The summed E-state index contributed by atoms with van der Waals surface area (Å²) in [6, 6.07) is 9.75. The fourth-order valence-electron chi connectivity index (χ4n) is 2.37. The van der Waals surface area contributed by atoms with Gasteiger partial charge in [0.05, 0.1) is 11.3 Å². The van der Waals surface area contributed by atoms with E-state index in [-0.39, 0.29) is 11.3 Å². The van der Waals surface area contributed by atoms with Gasteiger partial charge in [-0.05, 0) is 35.6 Å². The maximum absolute atomic E-state index is 12.4. The van der Waals surface area contributed by atoms with Gasteiger partial charge in [-0.1, -0.05) is 32.9 Å². The van der Waals surface area contributed by atoms with Gasteiger partial charge in [0.2, 0.25) is 0 Å². The van der Waals surface area contributed by atoms with Crippen LogP contribution < -0.4 is 10.6 Å². The standard InChI is InChI=1S/C20H27N3O2/c1-20(2,3)16-6-8-17(9-7-16)23-19(24)15-12-18(14-21-13-15)22-10-5-11-25-4/h6-9,12-14,22H,5,10-11H2,1-4H3,(H,23,24). The van der Waals surface area contributed by atoms with E-state index < -0.39 is 0 Å². The first-order valence-electron chi connectivity index (χ1n) is 8.50. The van der Waals surface area contributed by atoms with Gasteiger partial charge < -0.3 is 15.4 Å². The minimum Gasteiger partial charge on any atom is -0.385 e. The van der Waals surface area contributed by atoms with Gasteiger partial charge in [-0.3, -0.25) is 9.78 Å². The van der Waals surface area contributed by atoms with E-state index in [1.807, 2.05) is 24.3 Å². The third-order valence-electron chi connectivity index (χ3n) is 3.86. The van der Waals surface area contributed by atoms with Crippen LogP contribution in [0.4, 0.5) is 11.4 Å². The summed E-state index contributed by atoms with van der Waals surface area (Å²) in [4.78, 5) is 16.6. The summed E-state index contributed by atoms with van der Waals surface area (Å²) >= 11 is 0. The van der Waals surface area contributed by atoms with Gasteiger partial charge in [0.25, 0.3) is 5.91 Å².